The summed E-state index contributed by atoms with van der Waals surface area (Å²) in [4.78, 5) is 2.66. The molecule has 14 rings (SSSR count). The molecule has 0 aliphatic carbocycles. The topological polar surface area (TPSA) is 21.3 Å². The van der Waals surface area contributed by atoms with Gasteiger partial charge in [0, 0.05) is 60.8 Å². The molecule has 10 aromatic carbocycles. The van der Waals surface area contributed by atoms with Gasteiger partial charge in [0.2, 0.25) is 0 Å². The average Bonchev–Trinajstić information content (AvgIpc) is 3.92. The van der Waals surface area contributed by atoms with Crippen LogP contribution in [0.1, 0.15) is 74.9 Å². The first-order valence-electron chi connectivity index (χ1n) is 25.0. The zero-order valence-corrected chi connectivity index (χ0v) is 40.7. The Hall–Kier alpha value is -7.82. The molecule has 4 heterocycles. The van der Waals surface area contributed by atoms with Crippen molar-refractivity contribution in [2.45, 2.75) is 65.2 Å². The van der Waals surface area contributed by atoms with Crippen LogP contribution in [0, 0.1) is 0 Å². The number of fused-ring (bicyclic) bond motifs is 13. The first-order valence-corrected chi connectivity index (χ1v) is 25.0. The first-order chi connectivity index (χ1) is 34.0. The van der Waals surface area contributed by atoms with Crippen LogP contribution in [0.15, 0.2) is 192 Å². The van der Waals surface area contributed by atoms with Gasteiger partial charge in [0.1, 0.15) is 11.2 Å². The number of rotatable bonds is 5. The second-order valence-electron chi connectivity index (χ2n) is 22.0. The molecule has 0 spiro atoms. The van der Waals surface area contributed by atoms with Gasteiger partial charge in [-0.05, 0) is 126 Å². The lowest BCUT2D eigenvalue weighted by Gasteiger charge is -2.41. The average molecular weight is 901 g/mol. The second kappa shape index (κ2) is 14.8. The van der Waals surface area contributed by atoms with Crippen LogP contribution in [0.2, 0.25) is 0 Å². The van der Waals surface area contributed by atoms with Gasteiger partial charge in [0.05, 0.1) is 0 Å². The van der Waals surface area contributed by atoms with Gasteiger partial charge in [-0.3, -0.25) is 0 Å². The Kier molecular flexibility index (Phi) is 8.73. The molecule has 0 radical (unpaired) electrons. The Morgan fingerprint density at radius 2 is 1.00 bits per heavy atom. The minimum atomic E-state index is -0.155. The van der Waals surface area contributed by atoms with Crippen molar-refractivity contribution in [1.82, 2.24) is 4.48 Å². The van der Waals surface area contributed by atoms with Gasteiger partial charge in [0.15, 0.2) is 0 Å². The van der Waals surface area contributed by atoms with E-state index in [1.165, 1.54) is 116 Å². The molecule has 0 saturated carbocycles. The van der Waals surface area contributed by atoms with Gasteiger partial charge >= 0.3 is 6.85 Å². The highest BCUT2D eigenvalue weighted by atomic mass is 16.3. The summed E-state index contributed by atoms with van der Waals surface area (Å²) in [5, 5.41) is 10.1. The molecular formula is C66H53BN2O. The number of aromatic nitrogens is 1. The summed E-state index contributed by atoms with van der Waals surface area (Å²) >= 11 is 0. The molecule has 2 aliphatic heterocycles. The summed E-state index contributed by atoms with van der Waals surface area (Å²) in [7, 11) is 0. The summed E-state index contributed by atoms with van der Waals surface area (Å²) in [5.41, 5.74) is 20.8. The maximum atomic E-state index is 7.15. The van der Waals surface area contributed by atoms with Crippen LogP contribution in [-0.2, 0) is 23.7 Å². The highest BCUT2D eigenvalue weighted by Crippen LogP contribution is 2.51. The Bertz CT molecular complexity index is 4110. The van der Waals surface area contributed by atoms with Gasteiger partial charge in [-0.25, -0.2) is 0 Å². The molecular weight excluding hydrogens is 848 g/mol. The number of para-hydroxylation sites is 3. The van der Waals surface area contributed by atoms with Crippen molar-refractivity contribution in [2.24, 2.45) is 0 Å². The van der Waals surface area contributed by atoms with Crippen molar-refractivity contribution in [1.29, 1.82) is 0 Å². The molecule has 0 bridgehead atoms. The van der Waals surface area contributed by atoms with Gasteiger partial charge in [-0.15, -0.1) is 0 Å². The molecule has 70 heavy (non-hydrogen) atoms. The van der Waals surface area contributed by atoms with Crippen molar-refractivity contribution in [3.63, 3.8) is 0 Å². The third-order valence-electron chi connectivity index (χ3n) is 15.7. The van der Waals surface area contributed by atoms with E-state index >= 15 is 0 Å². The number of hydrogen-bond donors (Lipinski definition) is 0. The van der Waals surface area contributed by atoms with Crippen LogP contribution < -0.4 is 15.8 Å². The van der Waals surface area contributed by atoms with E-state index in [0.717, 1.165) is 34.8 Å². The lowest BCUT2D eigenvalue weighted by molar-refractivity contribution is 0.569. The molecule has 0 amide bonds. The first kappa shape index (κ1) is 41.2. The molecule has 2 aliphatic rings. The Morgan fingerprint density at radius 3 is 1.64 bits per heavy atom. The van der Waals surface area contributed by atoms with Gasteiger partial charge in [-0.2, -0.15) is 0 Å². The predicted molar refractivity (Wildman–Crippen MR) is 298 cm³/mol. The number of benzene rings is 10. The smallest absolute Gasteiger partial charge is 0.333 e. The number of furan rings is 1. The fraction of sp³-hybridized carbons (Fsp3) is 0.152. The van der Waals surface area contributed by atoms with Crippen LogP contribution in [0.4, 0.5) is 17.1 Å². The molecule has 0 atom stereocenters. The Labute approximate surface area is 409 Å². The van der Waals surface area contributed by atoms with Crippen molar-refractivity contribution in [2.75, 3.05) is 4.90 Å². The number of nitrogens with zero attached hydrogens (tertiary/aromatic N) is 2. The minimum Gasteiger partial charge on any atom is -0.455 e. The number of anilines is 3. The van der Waals surface area contributed by atoms with Crippen molar-refractivity contribution < 1.29 is 4.42 Å². The van der Waals surface area contributed by atoms with E-state index in [1.54, 1.807) is 0 Å². The highest BCUT2D eigenvalue weighted by molar-refractivity contribution is 6.90. The maximum Gasteiger partial charge on any atom is 0.333 e. The fourth-order valence-corrected chi connectivity index (χ4v) is 12.3. The SMILES string of the molecule is CC(C)(C)c1cc(N2c3cc4c(Cc5ccccc5)c5ccccc5c(Cc5ccccc5)c4cc3B3c4c2cc2c(oc5ccccc52)c4-c2cccc4c5ccccc5n3c24)cc(C(C)(C)C)c1. The molecule has 0 N–H and O–H groups in total. The third kappa shape index (κ3) is 6.02. The molecule has 336 valence electrons. The third-order valence-corrected chi connectivity index (χ3v) is 15.7. The summed E-state index contributed by atoms with van der Waals surface area (Å²) in [6.45, 7) is 14.0. The van der Waals surface area contributed by atoms with Crippen molar-refractivity contribution in [3.05, 3.63) is 221 Å². The van der Waals surface area contributed by atoms with Crippen LogP contribution in [0.3, 0.4) is 0 Å². The van der Waals surface area contributed by atoms with E-state index in [1.807, 2.05) is 0 Å². The van der Waals surface area contributed by atoms with Crippen LogP contribution in [0.5, 0.6) is 0 Å². The van der Waals surface area contributed by atoms with Crippen LogP contribution >= 0.6 is 0 Å². The zero-order chi connectivity index (χ0) is 47.2. The van der Waals surface area contributed by atoms with E-state index in [-0.39, 0.29) is 17.7 Å². The van der Waals surface area contributed by atoms with Gasteiger partial charge in [-0.1, -0.05) is 193 Å². The number of hydrogen-bond acceptors (Lipinski definition) is 2. The van der Waals surface area contributed by atoms with E-state index in [4.69, 9.17) is 4.42 Å². The molecule has 4 heteroatoms. The van der Waals surface area contributed by atoms with E-state index in [0.29, 0.717) is 0 Å². The maximum absolute atomic E-state index is 7.15. The van der Waals surface area contributed by atoms with Gasteiger partial charge < -0.3 is 13.8 Å². The quantitative estimate of drug-likeness (QED) is 0.127. The minimum absolute atomic E-state index is 0.0899. The Balaban J connectivity index is 1.20. The second-order valence-corrected chi connectivity index (χ2v) is 22.0. The monoisotopic (exact) mass is 900 g/mol. The lowest BCUT2D eigenvalue weighted by atomic mass is 9.44. The Morgan fingerprint density at radius 1 is 0.457 bits per heavy atom. The molecule has 0 unspecified atom stereocenters. The molecule has 0 saturated heterocycles. The van der Waals surface area contributed by atoms with Crippen molar-refractivity contribution in [3.8, 4) is 11.1 Å². The van der Waals surface area contributed by atoms with E-state index in [2.05, 4.69) is 239 Å². The summed E-state index contributed by atoms with van der Waals surface area (Å²) in [6, 6.07) is 71.1. The highest BCUT2D eigenvalue weighted by Gasteiger charge is 2.45. The van der Waals surface area contributed by atoms with Crippen LogP contribution in [0.25, 0.3) is 76.4 Å². The summed E-state index contributed by atoms with van der Waals surface area (Å²) in [6.07, 6.45) is 1.64. The van der Waals surface area contributed by atoms with Crippen LogP contribution in [-0.4, -0.2) is 11.3 Å². The molecule has 12 aromatic rings. The van der Waals surface area contributed by atoms with E-state index < -0.39 is 0 Å². The fourth-order valence-electron chi connectivity index (χ4n) is 12.3. The molecule has 3 nitrogen and oxygen atoms in total. The largest absolute Gasteiger partial charge is 0.455 e. The van der Waals surface area contributed by atoms with E-state index in [9.17, 15) is 0 Å². The van der Waals surface area contributed by atoms with Gasteiger partial charge in [0.25, 0.3) is 0 Å². The summed E-state index contributed by atoms with van der Waals surface area (Å²) in [5.74, 6) is 0. The normalized spacial score (nSPS) is 13.3. The van der Waals surface area contributed by atoms with Crippen molar-refractivity contribution >= 4 is 100 Å². The molecule has 2 aromatic heterocycles. The standard InChI is InChI=1S/C66H53BN2O/c1-65(2,3)42-34-43(66(4,5)6)36-44(35-42)68-58-38-54-52(33-41-22-11-8-12-23-41)46-25-14-13-24-45(46)51(32-40-20-9-7-10-21-40)53(54)37-56(58)67-62-59(68)39-55-48-27-16-18-31-60(48)70-64(55)61(62)50-29-19-28-49-47-26-15-17-30-57(47)69(67)63(49)50/h7-31,34-39H,32-33H2,1-6H3. The molecule has 0 fully saturated rings. The summed E-state index contributed by atoms with van der Waals surface area (Å²) < 4.78 is 9.84. The lowest BCUT2D eigenvalue weighted by Crippen LogP contribution is -2.56. The zero-order valence-electron chi connectivity index (χ0n) is 40.7. The predicted octanol–water partition coefficient (Wildman–Crippen LogP) is 16.2.